The summed E-state index contributed by atoms with van der Waals surface area (Å²) in [6, 6.07) is 0. The quantitative estimate of drug-likeness (QED) is 0.228. The van der Waals surface area contributed by atoms with Crippen LogP contribution in [0.4, 0.5) is 4.39 Å². The highest BCUT2D eigenvalue weighted by molar-refractivity contribution is 14.0. The van der Waals surface area contributed by atoms with E-state index in [2.05, 4.69) is 29.5 Å². The number of hydrogen-bond donors (Lipinski definition) is 3. The molecule has 0 unspecified atom stereocenters. The van der Waals surface area contributed by atoms with Crippen LogP contribution in [-0.4, -0.2) is 43.0 Å². The summed E-state index contributed by atoms with van der Waals surface area (Å²) in [7, 11) is 0. The van der Waals surface area contributed by atoms with Gasteiger partial charge in [0.25, 0.3) is 0 Å². The minimum Gasteiger partial charge on any atom is -0.388 e. The van der Waals surface area contributed by atoms with Crippen molar-refractivity contribution in [3.63, 3.8) is 0 Å². The van der Waals surface area contributed by atoms with E-state index >= 15 is 0 Å². The summed E-state index contributed by atoms with van der Waals surface area (Å²) in [5.41, 5.74) is -0.716. The van der Waals surface area contributed by atoms with Crippen LogP contribution in [0.15, 0.2) is 4.99 Å². The molecule has 20 heavy (non-hydrogen) atoms. The third kappa shape index (κ3) is 10.7. The molecule has 0 saturated carbocycles. The van der Waals surface area contributed by atoms with Crippen molar-refractivity contribution in [3.8, 4) is 0 Å². The zero-order valence-electron chi connectivity index (χ0n) is 13.0. The molecule has 0 fully saturated rings. The maximum atomic E-state index is 12.1. The van der Waals surface area contributed by atoms with Crippen molar-refractivity contribution >= 4 is 29.9 Å². The van der Waals surface area contributed by atoms with E-state index in [0.717, 1.165) is 32.2 Å². The molecule has 0 heterocycles. The number of aliphatic hydroxyl groups is 1. The normalized spacial score (nSPS) is 11.9. The van der Waals surface area contributed by atoms with E-state index in [0.29, 0.717) is 25.5 Å². The first-order chi connectivity index (χ1) is 9.11. The second-order valence-electron chi connectivity index (χ2n) is 4.89. The second-order valence-corrected chi connectivity index (χ2v) is 4.89. The Hall–Kier alpha value is -0.110. The third-order valence-corrected chi connectivity index (χ3v) is 2.91. The maximum Gasteiger partial charge on any atom is 0.191 e. The minimum atomic E-state index is -0.716. The van der Waals surface area contributed by atoms with E-state index < -0.39 is 5.60 Å². The molecule has 3 N–H and O–H groups in total. The van der Waals surface area contributed by atoms with Crippen molar-refractivity contribution < 1.29 is 9.50 Å². The summed E-state index contributed by atoms with van der Waals surface area (Å²) < 4.78 is 12.1. The van der Waals surface area contributed by atoms with Gasteiger partial charge < -0.3 is 15.7 Å². The molecular formula is C14H31FIN3O. The molecule has 0 aromatic carbocycles. The number of nitrogens with one attached hydrogen (secondary N) is 2. The van der Waals surface area contributed by atoms with Gasteiger partial charge in [-0.25, -0.2) is 0 Å². The molecule has 0 aromatic rings. The second kappa shape index (κ2) is 13.9. The van der Waals surface area contributed by atoms with Crippen LogP contribution in [0.1, 0.15) is 52.9 Å². The topological polar surface area (TPSA) is 56.7 Å². The van der Waals surface area contributed by atoms with Crippen LogP contribution < -0.4 is 10.6 Å². The summed E-state index contributed by atoms with van der Waals surface area (Å²) in [6.07, 6.45) is 3.87. The minimum absolute atomic E-state index is 0. The van der Waals surface area contributed by atoms with Crippen molar-refractivity contribution in [1.82, 2.24) is 10.6 Å². The highest BCUT2D eigenvalue weighted by Gasteiger charge is 2.24. The highest BCUT2D eigenvalue weighted by Crippen LogP contribution is 2.19. The summed E-state index contributed by atoms with van der Waals surface area (Å²) >= 11 is 0. The Balaban J connectivity index is 0. The Kier molecular flexibility index (Phi) is 15.4. The van der Waals surface area contributed by atoms with Gasteiger partial charge in [-0.05, 0) is 26.2 Å². The lowest BCUT2D eigenvalue weighted by Gasteiger charge is -2.26. The summed E-state index contributed by atoms with van der Waals surface area (Å²) in [5.74, 6) is 0.654. The molecule has 0 spiro atoms. The van der Waals surface area contributed by atoms with Gasteiger partial charge in [-0.2, -0.15) is 0 Å². The van der Waals surface area contributed by atoms with Gasteiger partial charge in [0.1, 0.15) is 0 Å². The molecule has 0 bridgehead atoms. The van der Waals surface area contributed by atoms with Crippen LogP contribution in [0.25, 0.3) is 0 Å². The van der Waals surface area contributed by atoms with Crippen LogP contribution in [0, 0.1) is 0 Å². The van der Waals surface area contributed by atoms with Crippen LogP contribution in [0.5, 0.6) is 0 Å². The zero-order chi connectivity index (χ0) is 14.6. The molecule has 0 rings (SSSR count). The SMILES string of the molecule is CCCC(O)(CCC)CN=C(NCC)NCCCF.I. The van der Waals surface area contributed by atoms with Gasteiger partial charge in [0.05, 0.1) is 18.8 Å². The molecule has 0 saturated heterocycles. The molecule has 0 aliphatic carbocycles. The number of hydrogen-bond acceptors (Lipinski definition) is 2. The van der Waals surface area contributed by atoms with Crippen molar-refractivity contribution in [3.05, 3.63) is 0 Å². The Morgan fingerprint density at radius 2 is 1.75 bits per heavy atom. The summed E-state index contributed by atoms with van der Waals surface area (Å²) in [4.78, 5) is 4.42. The predicted molar refractivity (Wildman–Crippen MR) is 94.8 cm³/mol. The van der Waals surface area contributed by atoms with Gasteiger partial charge in [-0.15, -0.1) is 24.0 Å². The molecule has 4 nitrogen and oxygen atoms in total. The van der Waals surface area contributed by atoms with Crippen molar-refractivity contribution in [2.45, 2.75) is 58.5 Å². The van der Waals surface area contributed by atoms with E-state index in [4.69, 9.17) is 0 Å². The smallest absolute Gasteiger partial charge is 0.191 e. The third-order valence-electron chi connectivity index (χ3n) is 2.91. The molecular weight excluding hydrogens is 372 g/mol. The van der Waals surface area contributed by atoms with Crippen LogP contribution >= 0.6 is 24.0 Å². The molecule has 122 valence electrons. The molecule has 0 radical (unpaired) electrons. The molecule has 0 amide bonds. The average Bonchev–Trinajstić information content (AvgIpc) is 2.37. The van der Waals surface area contributed by atoms with Gasteiger partial charge in [0.15, 0.2) is 5.96 Å². The molecule has 0 aliphatic heterocycles. The number of rotatable bonds is 10. The fourth-order valence-corrected chi connectivity index (χ4v) is 2.06. The monoisotopic (exact) mass is 403 g/mol. The first-order valence-corrected chi connectivity index (χ1v) is 7.42. The first-order valence-electron chi connectivity index (χ1n) is 7.42. The van der Waals surface area contributed by atoms with Crippen molar-refractivity contribution in [1.29, 1.82) is 0 Å². The van der Waals surface area contributed by atoms with Gasteiger partial charge >= 0.3 is 0 Å². The molecule has 0 aliphatic rings. The Morgan fingerprint density at radius 3 is 2.20 bits per heavy atom. The summed E-state index contributed by atoms with van der Waals surface area (Å²) in [6.45, 7) is 7.48. The molecule has 0 atom stereocenters. The zero-order valence-corrected chi connectivity index (χ0v) is 15.4. The standard InChI is InChI=1S/C14H30FN3O.HI/c1-4-8-14(19,9-5-2)12-18-13(16-6-3)17-11-7-10-15;/h19H,4-12H2,1-3H3,(H2,16,17,18);1H. The first kappa shape index (κ1) is 22.2. The van der Waals surface area contributed by atoms with E-state index in [1.165, 1.54) is 0 Å². The fraction of sp³-hybridized carbons (Fsp3) is 0.929. The number of nitrogens with zero attached hydrogens (tertiary/aromatic N) is 1. The fourth-order valence-electron chi connectivity index (χ4n) is 2.06. The van der Waals surface area contributed by atoms with Gasteiger partial charge in [-0.3, -0.25) is 9.38 Å². The number of guanidine groups is 1. The van der Waals surface area contributed by atoms with Gasteiger partial charge in [0, 0.05) is 13.1 Å². The van der Waals surface area contributed by atoms with E-state index in [1.54, 1.807) is 0 Å². The highest BCUT2D eigenvalue weighted by atomic mass is 127. The lowest BCUT2D eigenvalue weighted by atomic mass is 9.93. The van der Waals surface area contributed by atoms with Crippen LogP contribution in [-0.2, 0) is 0 Å². The Bertz CT molecular complexity index is 247. The van der Waals surface area contributed by atoms with Crippen molar-refractivity contribution in [2.75, 3.05) is 26.3 Å². The van der Waals surface area contributed by atoms with E-state index in [-0.39, 0.29) is 30.7 Å². The van der Waals surface area contributed by atoms with Crippen LogP contribution in [0.3, 0.4) is 0 Å². The maximum absolute atomic E-state index is 12.1. The Labute approximate surface area is 140 Å². The Morgan fingerprint density at radius 1 is 1.15 bits per heavy atom. The lowest BCUT2D eigenvalue weighted by molar-refractivity contribution is 0.0306. The van der Waals surface area contributed by atoms with E-state index in [1.807, 2.05) is 6.92 Å². The van der Waals surface area contributed by atoms with Crippen LogP contribution in [0.2, 0.25) is 0 Å². The van der Waals surface area contributed by atoms with Crippen molar-refractivity contribution in [2.24, 2.45) is 4.99 Å². The molecule has 6 heteroatoms. The number of halogens is 2. The predicted octanol–water partition coefficient (Wildman–Crippen LogP) is 2.85. The number of aliphatic imine (C=N–C) groups is 1. The molecule has 0 aromatic heterocycles. The largest absolute Gasteiger partial charge is 0.388 e. The van der Waals surface area contributed by atoms with Gasteiger partial charge in [-0.1, -0.05) is 26.7 Å². The van der Waals surface area contributed by atoms with Gasteiger partial charge in [0.2, 0.25) is 0 Å². The summed E-state index contributed by atoms with van der Waals surface area (Å²) in [5, 5.41) is 16.6. The lowest BCUT2D eigenvalue weighted by Crippen LogP contribution is -2.40. The number of alkyl halides is 1. The average molecular weight is 403 g/mol. The van der Waals surface area contributed by atoms with E-state index in [9.17, 15) is 9.50 Å².